The van der Waals surface area contributed by atoms with Gasteiger partial charge in [0.2, 0.25) is 0 Å². The summed E-state index contributed by atoms with van der Waals surface area (Å²) in [6.07, 6.45) is -1.62. The minimum atomic E-state index is -2.60. The molecule has 0 aromatic carbocycles. The molecule has 0 spiro atoms. The molecule has 1 aromatic heterocycles. The molecule has 1 aromatic rings. The number of esters is 1. The molecule has 1 rings (SSSR count). The number of methoxy groups -OCH3 is 1. The molecule has 0 saturated heterocycles. The lowest BCUT2D eigenvalue weighted by Gasteiger charge is -2.07. The maximum atomic E-state index is 12.4. The minimum Gasteiger partial charge on any atom is -0.469 e. The zero-order chi connectivity index (χ0) is 12.1. The van der Waals surface area contributed by atoms with Crippen LogP contribution in [0.1, 0.15) is 23.2 Å². The summed E-state index contributed by atoms with van der Waals surface area (Å²) >= 11 is 5.60. The van der Waals surface area contributed by atoms with Gasteiger partial charge < -0.3 is 4.74 Å². The Morgan fingerprint density at radius 1 is 1.62 bits per heavy atom. The number of rotatable bonds is 4. The van der Waals surface area contributed by atoms with Crippen molar-refractivity contribution in [3.05, 3.63) is 29.1 Å². The van der Waals surface area contributed by atoms with Crippen molar-refractivity contribution in [3.63, 3.8) is 0 Å². The standard InChI is InChI=1S/C10H10ClF2NO2/c1-16-9(15)3-8-6(4-11)2-7(5-14-8)10(12)13/h2,5,10H,3-4H2,1H3. The lowest BCUT2D eigenvalue weighted by atomic mass is 10.1. The van der Waals surface area contributed by atoms with Gasteiger partial charge in [0.15, 0.2) is 0 Å². The minimum absolute atomic E-state index is 0.0277. The highest BCUT2D eigenvalue weighted by Crippen LogP contribution is 2.21. The Morgan fingerprint density at radius 2 is 2.31 bits per heavy atom. The van der Waals surface area contributed by atoms with E-state index < -0.39 is 12.4 Å². The first-order valence-corrected chi connectivity index (χ1v) is 5.00. The van der Waals surface area contributed by atoms with Gasteiger partial charge >= 0.3 is 5.97 Å². The molecular weight excluding hydrogens is 240 g/mol. The summed E-state index contributed by atoms with van der Waals surface area (Å²) < 4.78 is 29.2. The fourth-order valence-corrected chi connectivity index (χ4v) is 1.39. The number of carbonyl (C=O) groups is 1. The van der Waals surface area contributed by atoms with Crippen molar-refractivity contribution in [3.8, 4) is 0 Å². The Morgan fingerprint density at radius 3 is 2.81 bits per heavy atom. The number of aromatic nitrogens is 1. The van der Waals surface area contributed by atoms with Crippen molar-refractivity contribution in [1.29, 1.82) is 0 Å². The Kier molecular flexibility index (Phi) is 4.61. The molecule has 0 aliphatic carbocycles. The zero-order valence-corrected chi connectivity index (χ0v) is 9.30. The zero-order valence-electron chi connectivity index (χ0n) is 8.54. The van der Waals surface area contributed by atoms with Crippen LogP contribution in [0.5, 0.6) is 0 Å². The van der Waals surface area contributed by atoms with Gasteiger partial charge in [-0.3, -0.25) is 9.78 Å². The molecule has 0 N–H and O–H groups in total. The number of nitrogens with zero attached hydrogens (tertiary/aromatic N) is 1. The molecule has 3 nitrogen and oxygen atoms in total. The molecule has 0 amide bonds. The summed E-state index contributed by atoms with van der Waals surface area (Å²) in [5.41, 5.74) is 0.584. The predicted octanol–water partition coefficient (Wildman–Crippen LogP) is 2.47. The molecular formula is C10H10ClF2NO2. The summed E-state index contributed by atoms with van der Waals surface area (Å²) in [6.45, 7) is 0. The summed E-state index contributed by atoms with van der Waals surface area (Å²) in [5.74, 6) is -0.455. The highest BCUT2D eigenvalue weighted by molar-refractivity contribution is 6.17. The number of ether oxygens (including phenoxy) is 1. The Bertz CT molecular complexity index is 385. The van der Waals surface area contributed by atoms with E-state index in [2.05, 4.69) is 9.72 Å². The van der Waals surface area contributed by atoms with E-state index in [1.807, 2.05) is 0 Å². The van der Waals surface area contributed by atoms with Crippen LogP contribution in [0.15, 0.2) is 12.3 Å². The van der Waals surface area contributed by atoms with Crippen LogP contribution in [0.25, 0.3) is 0 Å². The average Bonchev–Trinajstić information content (AvgIpc) is 2.29. The summed E-state index contributed by atoms with van der Waals surface area (Å²) in [5, 5.41) is 0. The van der Waals surface area contributed by atoms with Crippen LogP contribution < -0.4 is 0 Å². The van der Waals surface area contributed by atoms with Crippen LogP contribution in [-0.2, 0) is 21.8 Å². The Hall–Kier alpha value is -1.23. The molecule has 0 aliphatic heterocycles. The third-order valence-corrected chi connectivity index (χ3v) is 2.30. The number of alkyl halides is 3. The predicted molar refractivity (Wildman–Crippen MR) is 54.5 cm³/mol. The smallest absolute Gasteiger partial charge is 0.311 e. The van der Waals surface area contributed by atoms with Crippen LogP contribution in [0.3, 0.4) is 0 Å². The van der Waals surface area contributed by atoms with Gasteiger partial charge in [-0.2, -0.15) is 0 Å². The topological polar surface area (TPSA) is 39.2 Å². The molecule has 0 aliphatic rings. The van der Waals surface area contributed by atoms with E-state index in [1.54, 1.807) is 0 Å². The second-order valence-corrected chi connectivity index (χ2v) is 3.33. The van der Waals surface area contributed by atoms with Crippen molar-refractivity contribution in [2.45, 2.75) is 18.7 Å². The summed E-state index contributed by atoms with van der Waals surface area (Å²) in [4.78, 5) is 14.8. The fourth-order valence-electron chi connectivity index (χ4n) is 1.16. The number of hydrogen-bond acceptors (Lipinski definition) is 3. The Balaban J connectivity index is 2.97. The molecule has 1 heterocycles. The lowest BCUT2D eigenvalue weighted by Crippen LogP contribution is -2.09. The SMILES string of the molecule is COC(=O)Cc1ncc(C(F)F)cc1CCl. The van der Waals surface area contributed by atoms with Crippen molar-refractivity contribution >= 4 is 17.6 Å². The number of pyridine rings is 1. The van der Waals surface area contributed by atoms with Crippen molar-refractivity contribution in [2.75, 3.05) is 7.11 Å². The number of carbonyl (C=O) groups excluding carboxylic acids is 1. The van der Waals surface area contributed by atoms with Gasteiger partial charge in [-0.1, -0.05) is 0 Å². The normalized spacial score (nSPS) is 10.6. The largest absolute Gasteiger partial charge is 0.469 e. The summed E-state index contributed by atoms with van der Waals surface area (Å²) in [7, 11) is 1.25. The van der Waals surface area contributed by atoms with E-state index in [0.29, 0.717) is 11.3 Å². The third-order valence-electron chi connectivity index (χ3n) is 2.02. The van der Waals surface area contributed by atoms with Crippen LogP contribution in [-0.4, -0.2) is 18.1 Å². The molecule has 88 valence electrons. The van der Waals surface area contributed by atoms with E-state index in [4.69, 9.17) is 11.6 Å². The van der Waals surface area contributed by atoms with E-state index in [-0.39, 0.29) is 17.9 Å². The highest BCUT2D eigenvalue weighted by atomic mass is 35.5. The van der Waals surface area contributed by atoms with Crippen molar-refractivity contribution in [1.82, 2.24) is 4.98 Å². The van der Waals surface area contributed by atoms with Crippen LogP contribution >= 0.6 is 11.6 Å². The van der Waals surface area contributed by atoms with Gasteiger partial charge in [0.1, 0.15) is 0 Å². The van der Waals surface area contributed by atoms with Gasteiger partial charge in [-0.05, 0) is 11.6 Å². The van der Waals surface area contributed by atoms with Gasteiger partial charge in [-0.15, -0.1) is 11.6 Å². The highest BCUT2D eigenvalue weighted by Gasteiger charge is 2.13. The number of hydrogen-bond donors (Lipinski definition) is 0. The first-order chi connectivity index (χ1) is 7.58. The molecule has 0 atom stereocenters. The van der Waals surface area contributed by atoms with Crippen LogP contribution in [0.4, 0.5) is 8.78 Å². The van der Waals surface area contributed by atoms with E-state index in [0.717, 1.165) is 6.20 Å². The number of halogens is 3. The summed E-state index contributed by atoms with van der Waals surface area (Å²) in [6, 6.07) is 1.25. The van der Waals surface area contributed by atoms with E-state index >= 15 is 0 Å². The van der Waals surface area contributed by atoms with Gasteiger partial charge in [0, 0.05) is 17.6 Å². The first kappa shape index (κ1) is 12.8. The second kappa shape index (κ2) is 5.75. The monoisotopic (exact) mass is 249 g/mol. The molecule has 0 radical (unpaired) electrons. The van der Waals surface area contributed by atoms with Crippen molar-refractivity contribution < 1.29 is 18.3 Å². The van der Waals surface area contributed by atoms with Crippen LogP contribution in [0.2, 0.25) is 0 Å². The average molecular weight is 250 g/mol. The van der Waals surface area contributed by atoms with Gasteiger partial charge in [-0.25, -0.2) is 8.78 Å². The second-order valence-electron chi connectivity index (χ2n) is 3.06. The van der Waals surface area contributed by atoms with E-state index in [9.17, 15) is 13.6 Å². The van der Waals surface area contributed by atoms with Crippen LogP contribution in [0, 0.1) is 0 Å². The molecule has 0 saturated carbocycles. The maximum Gasteiger partial charge on any atom is 0.311 e. The van der Waals surface area contributed by atoms with E-state index in [1.165, 1.54) is 13.2 Å². The quantitative estimate of drug-likeness (QED) is 0.608. The molecule has 0 bridgehead atoms. The van der Waals surface area contributed by atoms with Crippen molar-refractivity contribution in [2.24, 2.45) is 0 Å². The van der Waals surface area contributed by atoms with Gasteiger partial charge in [0.25, 0.3) is 6.43 Å². The lowest BCUT2D eigenvalue weighted by molar-refractivity contribution is -0.139. The molecule has 0 unspecified atom stereocenters. The van der Waals surface area contributed by atoms with Gasteiger partial charge in [0.05, 0.1) is 19.2 Å². The fraction of sp³-hybridized carbons (Fsp3) is 0.400. The molecule has 6 heteroatoms. The maximum absolute atomic E-state index is 12.4. The first-order valence-electron chi connectivity index (χ1n) is 4.47. The third kappa shape index (κ3) is 3.13. The molecule has 0 fully saturated rings. The molecule has 16 heavy (non-hydrogen) atoms. The Labute approximate surface area is 96.4 Å².